The van der Waals surface area contributed by atoms with Gasteiger partial charge in [0, 0.05) is 23.9 Å². The van der Waals surface area contributed by atoms with Crippen LogP contribution in [0, 0.1) is 0 Å². The third-order valence-electron chi connectivity index (χ3n) is 3.27. The monoisotopic (exact) mass is 324 g/mol. The van der Waals surface area contributed by atoms with Crippen LogP contribution in [-0.2, 0) is 11.8 Å². The summed E-state index contributed by atoms with van der Waals surface area (Å²) < 4.78 is 4.16. The lowest BCUT2D eigenvalue weighted by Gasteiger charge is -2.22. The van der Waals surface area contributed by atoms with E-state index in [1.54, 1.807) is 12.4 Å². The van der Waals surface area contributed by atoms with Gasteiger partial charge < -0.3 is 5.32 Å². The Balaban J connectivity index is 2.32. The quantitative estimate of drug-likeness (QED) is 0.909. The van der Waals surface area contributed by atoms with Gasteiger partial charge >= 0.3 is 0 Å². The molecule has 1 unspecified atom stereocenters. The van der Waals surface area contributed by atoms with Crippen LogP contribution in [0.4, 0.5) is 0 Å². The van der Waals surface area contributed by atoms with E-state index in [9.17, 15) is 0 Å². The largest absolute Gasteiger partial charge is 0.309 e. The zero-order chi connectivity index (χ0) is 15.5. The number of pyridine rings is 1. The second-order valence-electron chi connectivity index (χ2n) is 6.02. The van der Waals surface area contributed by atoms with Crippen molar-refractivity contribution >= 4 is 23.1 Å². The Kier molecular flexibility index (Phi) is 5.30. The summed E-state index contributed by atoms with van der Waals surface area (Å²) in [4.78, 5) is 5.24. The molecular weight excluding hydrogens is 304 g/mol. The first-order chi connectivity index (χ1) is 9.93. The molecule has 0 bridgehead atoms. The van der Waals surface area contributed by atoms with Gasteiger partial charge in [-0.3, -0.25) is 4.98 Å². The zero-order valence-electron chi connectivity index (χ0n) is 12.9. The van der Waals surface area contributed by atoms with Gasteiger partial charge in [-0.15, -0.1) is 5.10 Å². The maximum absolute atomic E-state index is 6.24. The van der Waals surface area contributed by atoms with Gasteiger partial charge in [0.1, 0.15) is 0 Å². The summed E-state index contributed by atoms with van der Waals surface area (Å²) in [5, 5.41) is 8.57. The number of hydrogen-bond donors (Lipinski definition) is 1. The minimum absolute atomic E-state index is 0.0158. The number of rotatable bonds is 5. The molecule has 0 saturated carbocycles. The van der Waals surface area contributed by atoms with Crippen molar-refractivity contribution in [2.45, 2.75) is 45.6 Å². The second kappa shape index (κ2) is 6.81. The van der Waals surface area contributed by atoms with E-state index in [4.69, 9.17) is 11.6 Å². The fraction of sp³-hybridized carbons (Fsp3) is 0.533. The molecule has 2 aromatic rings. The fourth-order valence-corrected chi connectivity index (χ4v) is 3.37. The smallest absolute Gasteiger partial charge is 0.0857 e. The highest BCUT2D eigenvalue weighted by Crippen LogP contribution is 2.32. The van der Waals surface area contributed by atoms with Crippen molar-refractivity contribution in [3.05, 3.63) is 39.6 Å². The molecule has 0 aliphatic heterocycles. The summed E-state index contributed by atoms with van der Waals surface area (Å²) in [6.45, 7) is 9.47. The minimum Gasteiger partial charge on any atom is -0.309 e. The van der Waals surface area contributed by atoms with Gasteiger partial charge in [-0.2, -0.15) is 0 Å². The zero-order valence-corrected chi connectivity index (χ0v) is 14.4. The van der Waals surface area contributed by atoms with E-state index in [1.165, 1.54) is 16.4 Å². The number of aromatic nitrogens is 3. The summed E-state index contributed by atoms with van der Waals surface area (Å²) in [6, 6.07) is 2.14. The Labute approximate surface area is 135 Å². The Morgan fingerprint density at radius 1 is 1.38 bits per heavy atom. The van der Waals surface area contributed by atoms with Gasteiger partial charge in [0.25, 0.3) is 0 Å². The van der Waals surface area contributed by atoms with Crippen LogP contribution < -0.4 is 5.32 Å². The summed E-state index contributed by atoms with van der Waals surface area (Å²) in [7, 11) is 0. The highest BCUT2D eigenvalue weighted by atomic mass is 35.5. The van der Waals surface area contributed by atoms with Gasteiger partial charge in [-0.05, 0) is 36.1 Å². The molecule has 0 saturated heterocycles. The van der Waals surface area contributed by atoms with E-state index in [1.807, 2.05) is 6.07 Å². The Morgan fingerprint density at radius 2 is 2.14 bits per heavy atom. The molecule has 6 heteroatoms. The molecule has 0 aliphatic rings. The van der Waals surface area contributed by atoms with Crippen LogP contribution in [-0.4, -0.2) is 21.1 Å². The molecule has 0 spiro atoms. The van der Waals surface area contributed by atoms with Crippen molar-refractivity contribution in [2.24, 2.45) is 0 Å². The molecule has 2 rings (SSSR count). The maximum atomic E-state index is 6.24. The SMILES string of the molecule is CCNC(Cc1ccncc1Cl)c1snnc1C(C)(C)C. The molecule has 4 nitrogen and oxygen atoms in total. The van der Waals surface area contributed by atoms with Gasteiger partial charge in [0.05, 0.1) is 15.6 Å². The summed E-state index contributed by atoms with van der Waals surface area (Å²) in [5.74, 6) is 0. The third-order valence-corrected chi connectivity index (χ3v) is 4.45. The number of halogens is 1. The first-order valence-corrected chi connectivity index (χ1v) is 8.23. The van der Waals surface area contributed by atoms with E-state index in [2.05, 4.69) is 47.6 Å². The Hall–Kier alpha value is -1.04. The predicted octanol–water partition coefficient (Wildman–Crippen LogP) is 3.78. The standard InChI is InChI=1S/C15H21ClN4S/c1-5-18-12(8-10-6-7-17-9-11(10)16)13-14(15(2,3)4)19-20-21-13/h6-7,9,12,18H,5,8H2,1-4H3. The van der Waals surface area contributed by atoms with Crippen LogP contribution in [0.25, 0.3) is 0 Å². The molecular formula is C15H21ClN4S. The van der Waals surface area contributed by atoms with E-state index in [0.29, 0.717) is 5.02 Å². The van der Waals surface area contributed by atoms with E-state index >= 15 is 0 Å². The number of nitrogens with one attached hydrogen (secondary N) is 1. The van der Waals surface area contributed by atoms with Crippen molar-refractivity contribution in [1.29, 1.82) is 0 Å². The second-order valence-corrected chi connectivity index (χ2v) is 7.21. The first-order valence-electron chi connectivity index (χ1n) is 7.08. The summed E-state index contributed by atoms with van der Waals surface area (Å²) in [5.41, 5.74) is 2.13. The first kappa shape index (κ1) is 16.3. The average molecular weight is 325 g/mol. The molecule has 1 N–H and O–H groups in total. The van der Waals surface area contributed by atoms with Crippen molar-refractivity contribution < 1.29 is 0 Å². The fourth-order valence-electron chi connectivity index (χ4n) is 2.24. The molecule has 2 heterocycles. The van der Waals surface area contributed by atoms with Crippen molar-refractivity contribution in [1.82, 2.24) is 19.9 Å². The molecule has 0 amide bonds. The molecule has 2 aromatic heterocycles. The van der Waals surface area contributed by atoms with Gasteiger partial charge in [0.15, 0.2) is 0 Å². The average Bonchev–Trinajstić information content (AvgIpc) is 2.90. The molecule has 114 valence electrons. The highest BCUT2D eigenvalue weighted by molar-refractivity contribution is 7.05. The Morgan fingerprint density at radius 3 is 2.76 bits per heavy atom. The Bertz CT molecular complexity index is 591. The summed E-state index contributed by atoms with van der Waals surface area (Å²) >= 11 is 7.71. The number of hydrogen-bond acceptors (Lipinski definition) is 5. The van der Waals surface area contributed by atoms with Gasteiger partial charge in [-0.25, -0.2) is 0 Å². The number of nitrogens with zero attached hydrogens (tertiary/aromatic N) is 3. The number of likely N-dealkylation sites (N-methyl/N-ethyl adjacent to an activating group) is 1. The van der Waals surface area contributed by atoms with E-state index in [-0.39, 0.29) is 11.5 Å². The van der Waals surface area contributed by atoms with Gasteiger partial charge in [0.2, 0.25) is 0 Å². The van der Waals surface area contributed by atoms with Crippen LogP contribution in [0.1, 0.15) is 49.9 Å². The predicted molar refractivity (Wildman–Crippen MR) is 88.0 cm³/mol. The van der Waals surface area contributed by atoms with Crippen molar-refractivity contribution in [3.63, 3.8) is 0 Å². The van der Waals surface area contributed by atoms with Crippen LogP contribution in [0.2, 0.25) is 5.02 Å². The normalized spacial score (nSPS) is 13.4. The topological polar surface area (TPSA) is 50.7 Å². The third kappa shape index (κ3) is 3.99. The molecule has 0 radical (unpaired) electrons. The lowest BCUT2D eigenvalue weighted by atomic mass is 9.89. The van der Waals surface area contributed by atoms with E-state index in [0.717, 1.165) is 24.2 Å². The molecule has 0 aliphatic carbocycles. The maximum Gasteiger partial charge on any atom is 0.0857 e. The molecule has 21 heavy (non-hydrogen) atoms. The van der Waals surface area contributed by atoms with Crippen molar-refractivity contribution in [3.8, 4) is 0 Å². The van der Waals surface area contributed by atoms with E-state index < -0.39 is 0 Å². The van der Waals surface area contributed by atoms with Crippen LogP contribution in [0.15, 0.2) is 18.5 Å². The minimum atomic E-state index is -0.0158. The van der Waals surface area contributed by atoms with Gasteiger partial charge in [-0.1, -0.05) is 43.8 Å². The molecule has 1 atom stereocenters. The van der Waals surface area contributed by atoms with Crippen LogP contribution >= 0.6 is 23.1 Å². The summed E-state index contributed by atoms with van der Waals surface area (Å²) in [6.07, 6.45) is 4.28. The molecule has 0 fully saturated rings. The highest BCUT2D eigenvalue weighted by Gasteiger charge is 2.27. The van der Waals surface area contributed by atoms with Crippen LogP contribution in [0.3, 0.4) is 0 Å². The lowest BCUT2D eigenvalue weighted by molar-refractivity contribution is 0.514. The van der Waals surface area contributed by atoms with Crippen molar-refractivity contribution in [2.75, 3.05) is 6.54 Å². The lowest BCUT2D eigenvalue weighted by Crippen LogP contribution is -2.26. The molecule has 0 aromatic carbocycles. The van der Waals surface area contributed by atoms with Crippen LogP contribution in [0.5, 0.6) is 0 Å².